The average molecular weight is 198 g/mol. The fourth-order valence-corrected chi connectivity index (χ4v) is 3.27. The Balaban J connectivity index is 2.07. The first-order valence-electron chi connectivity index (χ1n) is 4.75. The van der Waals surface area contributed by atoms with Gasteiger partial charge in [0.25, 0.3) is 0 Å². The summed E-state index contributed by atoms with van der Waals surface area (Å²) in [4.78, 5) is 22.5. The van der Waals surface area contributed by atoms with Crippen molar-refractivity contribution in [1.29, 1.82) is 0 Å². The molecule has 0 aliphatic heterocycles. The highest BCUT2D eigenvalue weighted by Crippen LogP contribution is 2.55. The molecule has 0 atom stereocenters. The molecular formula is C10H14O2S. The normalized spacial score (nSPS) is 27.8. The van der Waals surface area contributed by atoms with Crippen LogP contribution >= 0.6 is 11.8 Å². The Kier molecular flexibility index (Phi) is 2.22. The van der Waals surface area contributed by atoms with Gasteiger partial charge in [-0.25, -0.2) is 0 Å². The maximum absolute atomic E-state index is 11.2. The molecule has 2 nitrogen and oxygen atoms in total. The van der Waals surface area contributed by atoms with Gasteiger partial charge in [0.1, 0.15) is 11.6 Å². The molecule has 0 bridgehead atoms. The molecule has 0 heterocycles. The lowest BCUT2D eigenvalue weighted by Crippen LogP contribution is -2.30. The minimum absolute atomic E-state index is 0.154. The van der Waals surface area contributed by atoms with Gasteiger partial charge in [0.2, 0.25) is 0 Å². The van der Waals surface area contributed by atoms with Gasteiger partial charge in [-0.05, 0) is 25.0 Å². The molecular weight excluding hydrogens is 184 g/mol. The SMILES string of the molecule is CSC1(C2CC(=O)CC(=O)C2)CC1. The van der Waals surface area contributed by atoms with E-state index >= 15 is 0 Å². The Morgan fingerprint density at radius 2 is 1.77 bits per heavy atom. The zero-order valence-electron chi connectivity index (χ0n) is 7.84. The quantitative estimate of drug-likeness (QED) is 0.635. The molecule has 13 heavy (non-hydrogen) atoms. The predicted octanol–water partition coefficient (Wildman–Crippen LogP) is 1.82. The summed E-state index contributed by atoms with van der Waals surface area (Å²) >= 11 is 1.84. The third kappa shape index (κ3) is 1.66. The summed E-state index contributed by atoms with van der Waals surface area (Å²) in [5, 5.41) is 0. The summed E-state index contributed by atoms with van der Waals surface area (Å²) in [5.41, 5.74) is 0. The van der Waals surface area contributed by atoms with Crippen LogP contribution < -0.4 is 0 Å². The molecule has 0 aromatic heterocycles. The maximum Gasteiger partial charge on any atom is 0.140 e. The van der Waals surface area contributed by atoms with Gasteiger partial charge in [-0.2, -0.15) is 11.8 Å². The van der Waals surface area contributed by atoms with Crippen molar-refractivity contribution in [2.75, 3.05) is 6.26 Å². The van der Waals surface area contributed by atoms with Crippen LogP contribution in [-0.4, -0.2) is 22.6 Å². The zero-order chi connectivity index (χ0) is 9.47. The highest BCUT2D eigenvalue weighted by molar-refractivity contribution is 8.00. The molecule has 0 saturated heterocycles. The summed E-state index contributed by atoms with van der Waals surface area (Å²) in [6.45, 7) is 0. The number of hydrogen-bond acceptors (Lipinski definition) is 3. The van der Waals surface area contributed by atoms with Crippen LogP contribution in [0.1, 0.15) is 32.1 Å². The van der Waals surface area contributed by atoms with E-state index in [0.29, 0.717) is 23.5 Å². The second-order valence-electron chi connectivity index (χ2n) is 4.13. The van der Waals surface area contributed by atoms with Crippen molar-refractivity contribution in [3.8, 4) is 0 Å². The third-order valence-electron chi connectivity index (χ3n) is 3.24. The lowest BCUT2D eigenvalue weighted by Gasteiger charge is -2.27. The van der Waals surface area contributed by atoms with Crippen molar-refractivity contribution in [2.45, 2.75) is 36.9 Å². The lowest BCUT2D eigenvalue weighted by atomic mass is 9.84. The van der Waals surface area contributed by atoms with Crippen LogP contribution in [0.3, 0.4) is 0 Å². The molecule has 2 saturated carbocycles. The molecule has 72 valence electrons. The maximum atomic E-state index is 11.2. The smallest absolute Gasteiger partial charge is 0.140 e. The van der Waals surface area contributed by atoms with Gasteiger partial charge in [-0.3, -0.25) is 9.59 Å². The van der Waals surface area contributed by atoms with Crippen molar-refractivity contribution in [2.24, 2.45) is 5.92 Å². The minimum atomic E-state index is 0.154. The summed E-state index contributed by atoms with van der Waals surface area (Å²) in [6, 6.07) is 0. The first-order chi connectivity index (χ1) is 6.16. The number of ketones is 2. The van der Waals surface area contributed by atoms with E-state index in [1.54, 1.807) is 0 Å². The van der Waals surface area contributed by atoms with E-state index in [9.17, 15) is 9.59 Å². The van der Waals surface area contributed by atoms with E-state index in [1.807, 2.05) is 11.8 Å². The van der Waals surface area contributed by atoms with Crippen molar-refractivity contribution >= 4 is 23.3 Å². The number of carbonyl (C=O) groups excluding carboxylic acids is 2. The monoisotopic (exact) mass is 198 g/mol. The first-order valence-corrected chi connectivity index (χ1v) is 5.97. The Morgan fingerprint density at radius 3 is 2.15 bits per heavy atom. The molecule has 0 aromatic rings. The molecule has 2 aliphatic carbocycles. The molecule has 2 rings (SSSR count). The Morgan fingerprint density at radius 1 is 1.23 bits per heavy atom. The van der Waals surface area contributed by atoms with Gasteiger partial charge in [0, 0.05) is 17.6 Å². The van der Waals surface area contributed by atoms with Crippen LogP contribution in [0.2, 0.25) is 0 Å². The van der Waals surface area contributed by atoms with E-state index < -0.39 is 0 Å². The average Bonchev–Trinajstić information content (AvgIpc) is 2.82. The van der Waals surface area contributed by atoms with Gasteiger partial charge in [-0.15, -0.1) is 0 Å². The fourth-order valence-electron chi connectivity index (χ4n) is 2.26. The Labute approximate surface area is 82.5 Å². The number of thioether (sulfide) groups is 1. The van der Waals surface area contributed by atoms with Gasteiger partial charge in [-0.1, -0.05) is 0 Å². The van der Waals surface area contributed by atoms with Crippen LogP contribution in [0.5, 0.6) is 0 Å². The third-order valence-corrected chi connectivity index (χ3v) is 4.79. The number of hydrogen-bond donors (Lipinski definition) is 0. The minimum Gasteiger partial charge on any atom is -0.299 e. The first kappa shape index (κ1) is 9.25. The molecule has 0 spiro atoms. The molecule has 0 amide bonds. The van der Waals surface area contributed by atoms with Crippen molar-refractivity contribution in [1.82, 2.24) is 0 Å². The summed E-state index contributed by atoms with van der Waals surface area (Å²) in [5.74, 6) is 0.652. The van der Waals surface area contributed by atoms with Crippen molar-refractivity contribution in [3.63, 3.8) is 0 Å². The van der Waals surface area contributed by atoms with E-state index in [-0.39, 0.29) is 18.0 Å². The largest absolute Gasteiger partial charge is 0.299 e. The lowest BCUT2D eigenvalue weighted by molar-refractivity contribution is -0.131. The van der Waals surface area contributed by atoms with Gasteiger partial charge in [0.15, 0.2) is 0 Å². The van der Waals surface area contributed by atoms with E-state index in [2.05, 4.69) is 6.26 Å². The van der Waals surface area contributed by atoms with Crippen molar-refractivity contribution < 1.29 is 9.59 Å². The molecule has 3 heteroatoms. The molecule has 0 unspecified atom stereocenters. The predicted molar refractivity (Wildman–Crippen MR) is 52.8 cm³/mol. The van der Waals surface area contributed by atoms with E-state index in [1.165, 1.54) is 12.8 Å². The van der Waals surface area contributed by atoms with Crippen LogP contribution in [-0.2, 0) is 9.59 Å². The van der Waals surface area contributed by atoms with Crippen LogP contribution in [0, 0.1) is 5.92 Å². The summed E-state index contributed by atoms with van der Waals surface area (Å²) in [6.07, 6.45) is 5.97. The highest BCUT2D eigenvalue weighted by atomic mass is 32.2. The Bertz CT molecular complexity index is 240. The molecule has 0 N–H and O–H groups in total. The van der Waals surface area contributed by atoms with Crippen molar-refractivity contribution in [3.05, 3.63) is 0 Å². The standard InChI is InChI=1S/C10H14O2S/c1-13-10(2-3-10)7-4-8(11)6-9(12)5-7/h7H,2-6H2,1H3. The molecule has 2 fully saturated rings. The second-order valence-corrected chi connectivity index (χ2v) is 5.35. The van der Waals surface area contributed by atoms with Gasteiger partial charge < -0.3 is 0 Å². The summed E-state index contributed by atoms with van der Waals surface area (Å²) < 4.78 is 0.297. The topological polar surface area (TPSA) is 34.1 Å². The number of carbonyl (C=O) groups is 2. The van der Waals surface area contributed by atoms with Gasteiger partial charge >= 0.3 is 0 Å². The van der Waals surface area contributed by atoms with Crippen LogP contribution in [0.25, 0.3) is 0 Å². The number of rotatable bonds is 2. The van der Waals surface area contributed by atoms with E-state index in [4.69, 9.17) is 0 Å². The fraction of sp³-hybridized carbons (Fsp3) is 0.800. The Hall–Kier alpha value is -0.310. The highest BCUT2D eigenvalue weighted by Gasteiger charge is 2.50. The van der Waals surface area contributed by atoms with Crippen LogP contribution in [0.15, 0.2) is 0 Å². The molecule has 0 radical (unpaired) electrons. The molecule has 2 aliphatic rings. The zero-order valence-corrected chi connectivity index (χ0v) is 8.65. The summed E-state index contributed by atoms with van der Waals surface area (Å²) in [7, 11) is 0. The molecule has 0 aromatic carbocycles. The second kappa shape index (κ2) is 3.12. The van der Waals surface area contributed by atoms with E-state index in [0.717, 1.165) is 0 Å². The van der Waals surface area contributed by atoms with Crippen LogP contribution in [0.4, 0.5) is 0 Å². The number of Topliss-reactive ketones (excluding diaryl/α,β-unsaturated/α-hetero) is 2. The van der Waals surface area contributed by atoms with Gasteiger partial charge in [0.05, 0.1) is 6.42 Å².